The van der Waals surface area contributed by atoms with Crippen molar-refractivity contribution < 1.29 is 75.4 Å². The van der Waals surface area contributed by atoms with E-state index in [2.05, 4.69) is 97.9 Å². The fourth-order valence-electron chi connectivity index (χ4n) is 5.92. The zero-order valence-electron chi connectivity index (χ0n) is 31.2. The summed E-state index contributed by atoms with van der Waals surface area (Å²) in [5.41, 5.74) is 13.2. The Bertz CT molecular complexity index is 1900. The molecule has 0 saturated heterocycles. The molecule has 0 aliphatic heterocycles. The van der Waals surface area contributed by atoms with Crippen LogP contribution in [0.1, 0.15) is 101 Å². The summed E-state index contributed by atoms with van der Waals surface area (Å²) in [6, 6.07) is 26.5. The van der Waals surface area contributed by atoms with Gasteiger partial charge in [0.2, 0.25) is 0 Å². The van der Waals surface area contributed by atoms with E-state index in [9.17, 15) is 26.3 Å². The van der Waals surface area contributed by atoms with Crippen LogP contribution in [0.15, 0.2) is 84.9 Å². The number of fused-ring (bicyclic) bond motifs is 3. The average Bonchev–Trinajstić information content (AvgIpc) is 3.66. The molecule has 0 unspecified atom stereocenters. The second-order valence-electron chi connectivity index (χ2n) is 14.3. The van der Waals surface area contributed by atoms with E-state index in [1.54, 1.807) is 0 Å². The first-order valence-corrected chi connectivity index (χ1v) is 18.2. The monoisotopic (exact) mass is 846 g/mol. The number of rotatable bonds is 4. The molecule has 1 aliphatic carbocycles. The average molecular weight is 849 g/mol. The summed E-state index contributed by atoms with van der Waals surface area (Å²) in [7, 11) is 0. The minimum absolute atomic E-state index is 0. The molecule has 0 amide bonds. The first-order chi connectivity index (χ1) is 23.7. The van der Waals surface area contributed by atoms with E-state index in [1.165, 1.54) is 92.7 Å². The number of hydrogen-bond acceptors (Lipinski definition) is 0. The van der Waals surface area contributed by atoms with Crippen LogP contribution in [0.4, 0.5) is 26.3 Å². The number of benzene rings is 4. The summed E-state index contributed by atoms with van der Waals surface area (Å²) in [5.74, 6) is 0. The molecule has 6 rings (SSSR count). The summed E-state index contributed by atoms with van der Waals surface area (Å²) in [6.45, 7) is 17.7. The minimum Gasteiger partial charge on any atom is -1.00 e. The molecule has 0 fully saturated rings. The van der Waals surface area contributed by atoms with Gasteiger partial charge < -0.3 is 24.8 Å². The fraction of sp³-hybridized carbons (Fsp3) is 0.318. The Morgan fingerprint density at radius 1 is 0.698 bits per heavy atom. The van der Waals surface area contributed by atoms with Gasteiger partial charge in [-0.25, -0.2) is 6.07 Å². The maximum absolute atomic E-state index is 12.7. The van der Waals surface area contributed by atoms with Crippen LogP contribution in [0.5, 0.6) is 0 Å². The number of alkyl halides is 6. The van der Waals surface area contributed by atoms with Gasteiger partial charge >= 0.3 is 137 Å². The maximum Gasteiger partial charge on any atom is -1.00 e. The standard InChI is InChI=1S/C17H17.C15H8F6.C12H19.2ClH.Zr/c1-10-5-14-9-15-6-11(2)13(4)8-17(15)16(14)7-12(10)3;16-14(17,18)12-5-1-3-10(8-12)7-11-4-2-6-13(9-11)15(19,20)21;1-5-6-10-7-8-11(9-10)12(2,3)4;;;/h5,7-8H,9H2,1-4H3;1-6,8-9H;7-9H,5-6H2,1-4H3;2*1H;/q-1;;-1;;;+2/p-2. The SMILES string of the molecule is CCCc1cc(C(C)(C)C)c[cH-]1.Cc1[c-]c2c(cc1C)-c1cc(C)c(C)cc1C2.FC(F)(F)c1cccc([C](=[Zr+2])c2cccc(C(F)(F)F)c2)c1.[Cl-].[Cl-]. The molecule has 0 N–H and O–H groups in total. The Labute approximate surface area is 337 Å². The Balaban J connectivity index is 0.000000281. The Morgan fingerprint density at radius 2 is 1.21 bits per heavy atom. The molecule has 0 heterocycles. The maximum atomic E-state index is 12.7. The van der Waals surface area contributed by atoms with Gasteiger partial charge in [-0.15, -0.1) is 11.1 Å². The van der Waals surface area contributed by atoms with E-state index in [4.69, 9.17) is 0 Å². The largest absolute Gasteiger partial charge is 1.00 e. The third-order valence-electron chi connectivity index (χ3n) is 9.17. The molecule has 0 bridgehead atoms. The third kappa shape index (κ3) is 12.1. The molecule has 5 aromatic rings. The molecule has 0 spiro atoms. The predicted molar refractivity (Wildman–Crippen MR) is 193 cm³/mol. The van der Waals surface area contributed by atoms with Crippen LogP contribution in [0, 0.1) is 33.8 Å². The molecule has 53 heavy (non-hydrogen) atoms. The van der Waals surface area contributed by atoms with E-state index in [1.807, 2.05) is 0 Å². The van der Waals surface area contributed by atoms with Crippen LogP contribution in [-0.4, -0.2) is 3.21 Å². The number of halogens is 8. The van der Waals surface area contributed by atoms with Crippen LogP contribution in [-0.2, 0) is 54.8 Å². The zero-order valence-corrected chi connectivity index (χ0v) is 35.2. The fourth-order valence-corrected chi connectivity index (χ4v) is 6.68. The van der Waals surface area contributed by atoms with Crippen molar-refractivity contribution >= 4 is 3.21 Å². The van der Waals surface area contributed by atoms with Gasteiger partial charge in [-0.3, -0.25) is 0 Å². The predicted octanol–water partition coefficient (Wildman–Crippen LogP) is 6.79. The van der Waals surface area contributed by atoms with Gasteiger partial charge in [0.1, 0.15) is 0 Å². The normalized spacial score (nSPS) is 11.8. The van der Waals surface area contributed by atoms with E-state index >= 15 is 0 Å². The summed E-state index contributed by atoms with van der Waals surface area (Å²) in [4.78, 5) is 0. The Morgan fingerprint density at radius 3 is 1.68 bits per heavy atom. The van der Waals surface area contributed by atoms with Crippen LogP contribution in [0.3, 0.4) is 0 Å². The first kappa shape index (κ1) is 46.3. The number of hydrogen-bond donors (Lipinski definition) is 0. The topological polar surface area (TPSA) is 0 Å². The van der Waals surface area contributed by atoms with E-state index in [-0.39, 0.29) is 35.9 Å². The van der Waals surface area contributed by atoms with Crippen molar-refractivity contribution in [3.63, 3.8) is 0 Å². The van der Waals surface area contributed by atoms with E-state index in [0.717, 1.165) is 54.9 Å². The van der Waals surface area contributed by atoms with E-state index < -0.39 is 23.5 Å². The van der Waals surface area contributed by atoms with Gasteiger partial charge in [-0.1, -0.05) is 77.5 Å². The Kier molecular flexibility index (Phi) is 16.3. The molecule has 0 saturated carbocycles. The van der Waals surface area contributed by atoms with Gasteiger partial charge in [-0.05, 0) is 37.0 Å². The smallest absolute Gasteiger partial charge is 1.00 e. The molecule has 9 heteroatoms. The van der Waals surface area contributed by atoms with Gasteiger partial charge in [-0.2, -0.15) is 46.5 Å². The molecule has 5 aromatic carbocycles. The first-order valence-electron chi connectivity index (χ1n) is 17.0. The van der Waals surface area contributed by atoms with Crippen molar-refractivity contribution in [2.45, 2.75) is 92.4 Å². The summed E-state index contributed by atoms with van der Waals surface area (Å²) in [6.07, 6.45) is -5.46. The van der Waals surface area contributed by atoms with Crippen LogP contribution in [0.2, 0.25) is 0 Å². The summed E-state index contributed by atoms with van der Waals surface area (Å²) in [5, 5.41) is 0. The molecule has 1 aliphatic rings. The molecular weight excluding hydrogens is 805 g/mol. The van der Waals surface area contributed by atoms with Crippen molar-refractivity contribution in [1.82, 2.24) is 0 Å². The van der Waals surface area contributed by atoms with Crippen molar-refractivity contribution in [2.24, 2.45) is 0 Å². The second kappa shape index (κ2) is 18.7. The summed E-state index contributed by atoms with van der Waals surface area (Å²) >= 11 is 0.729. The number of aryl methyl sites for hydroxylation is 5. The van der Waals surface area contributed by atoms with Gasteiger partial charge in [0.15, 0.2) is 0 Å². The second-order valence-corrected chi connectivity index (χ2v) is 15.5. The molecule has 282 valence electrons. The van der Waals surface area contributed by atoms with Crippen molar-refractivity contribution in [1.29, 1.82) is 0 Å². The van der Waals surface area contributed by atoms with Gasteiger partial charge in [0, 0.05) is 0 Å². The molecular formula is C44H44Cl2F6Zr-2. The van der Waals surface area contributed by atoms with Crippen molar-refractivity contribution in [3.8, 4) is 11.1 Å². The van der Waals surface area contributed by atoms with Crippen molar-refractivity contribution in [3.05, 3.63) is 158 Å². The molecule has 0 atom stereocenters. The van der Waals surface area contributed by atoms with Gasteiger partial charge in [0.05, 0.1) is 0 Å². The van der Waals surface area contributed by atoms with Gasteiger partial charge in [0.25, 0.3) is 0 Å². The van der Waals surface area contributed by atoms with Crippen LogP contribution >= 0.6 is 0 Å². The van der Waals surface area contributed by atoms with Crippen LogP contribution in [0.25, 0.3) is 11.1 Å². The quantitative estimate of drug-likeness (QED) is 0.136. The molecule has 0 radical (unpaired) electrons. The van der Waals surface area contributed by atoms with Crippen molar-refractivity contribution in [2.75, 3.05) is 0 Å². The third-order valence-corrected chi connectivity index (χ3v) is 10.6. The minimum atomic E-state index is -4.49. The zero-order chi connectivity index (χ0) is 37.9. The Hall–Kier alpha value is -2.86. The molecule has 0 aromatic heterocycles. The molecule has 0 nitrogen and oxygen atoms in total. The van der Waals surface area contributed by atoms with E-state index in [0.29, 0.717) is 8.62 Å². The van der Waals surface area contributed by atoms with Crippen LogP contribution < -0.4 is 24.8 Å². The summed E-state index contributed by atoms with van der Waals surface area (Å²) < 4.78 is 76.7.